The molecule has 0 radical (unpaired) electrons. The van der Waals surface area contributed by atoms with Gasteiger partial charge in [0.15, 0.2) is 5.78 Å². The Morgan fingerprint density at radius 3 is 2.65 bits per heavy atom. The maximum absolute atomic E-state index is 12.2. The van der Waals surface area contributed by atoms with E-state index in [1.54, 1.807) is 0 Å². The molecule has 1 aromatic carbocycles. The van der Waals surface area contributed by atoms with Crippen molar-refractivity contribution in [2.45, 2.75) is 25.1 Å². The molecule has 2 unspecified atom stereocenters. The van der Waals surface area contributed by atoms with E-state index in [2.05, 4.69) is 18.7 Å². The fraction of sp³-hybridized carbons (Fsp3) is 0.500. The van der Waals surface area contributed by atoms with Gasteiger partial charge < -0.3 is 0 Å². The molecule has 0 amide bonds. The highest BCUT2D eigenvalue weighted by Gasteiger charge is 2.26. The molecule has 20 heavy (non-hydrogen) atoms. The van der Waals surface area contributed by atoms with Gasteiger partial charge in [-0.05, 0) is 19.1 Å². The molecule has 0 spiro atoms. The summed E-state index contributed by atoms with van der Waals surface area (Å²) in [4.78, 5) is 24.5. The molecule has 0 aromatic heterocycles. The summed E-state index contributed by atoms with van der Waals surface area (Å²) in [6, 6.07) is 6.20. The van der Waals surface area contributed by atoms with Crippen LogP contribution in [0.2, 0.25) is 0 Å². The predicted octanol–water partition coefficient (Wildman–Crippen LogP) is 2.60. The lowest BCUT2D eigenvalue weighted by molar-refractivity contribution is -0.384. The molecule has 2 atom stereocenters. The van der Waals surface area contributed by atoms with Crippen LogP contribution < -0.4 is 0 Å². The largest absolute Gasteiger partial charge is 0.293 e. The van der Waals surface area contributed by atoms with E-state index in [4.69, 9.17) is 0 Å². The number of carbonyl (C=O) groups is 1. The van der Waals surface area contributed by atoms with Gasteiger partial charge in [-0.3, -0.25) is 19.8 Å². The van der Waals surface area contributed by atoms with Crippen molar-refractivity contribution in [1.82, 2.24) is 4.90 Å². The van der Waals surface area contributed by atoms with E-state index in [-0.39, 0.29) is 11.5 Å². The smallest absolute Gasteiger partial charge is 0.269 e. The third kappa shape index (κ3) is 3.37. The number of rotatable bonds is 4. The molecule has 0 aliphatic carbocycles. The van der Waals surface area contributed by atoms with Crippen molar-refractivity contribution >= 4 is 23.2 Å². The average Bonchev–Trinajstić information content (AvgIpc) is 2.44. The molecule has 5 nitrogen and oxygen atoms in total. The highest BCUT2D eigenvalue weighted by molar-refractivity contribution is 8.00. The average molecular weight is 294 g/mol. The van der Waals surface area contributed by atoms with Crippen molar-refractivity contribution in [2.75, 3.05) is 18.8 Å². The van der Waals surface area contributed by atoms with Crippen molar-refractivity contribution < 1.29 is 9.72 Å². The molecule has 108 valence electrons. The number of hydrogen-bond donors (Lipinski definition) is 0. The number of benzene rings is 1. The fourth-order valence-electron chi connectivity index (χ4n) is 2.26. The molecular weight excluding hydrogens is 276 g/mol. The van der Waals surface area contributed by atoms with Gasteiger partial charge >= 0.3 is 0 Å². The topological polar surface area (TPSA) is 63.5 Å². The SMILES string of the molecule is CC1SCCN(CC(=O)c2ccc([N+](=O)[O-])cc2)C1C. The van der Waals surface area contributed by atoms with Crippen LogP contribution in [0, 0.1) is 10.1 Å². The molecule has 6 heteroatoms. The third-order valence-electron chi connectivity index (χ3n) is 3.76. The minimum absolute atomic E-state index is 0.0120. The summed E-state index contributed by atoms with van der Waals surface area (Å²) in [5.41, 5.74) is 0.548. The van der Waals surface area contributed by atoms with Crippen molar-refractivity contribution in [1.29, 1.82) is 0 Å². The number of carbonyl (C=O) groups excluding carboxylic acids is 1. The Hall–Kier alpha value is -1.40. The lowest BCUT2D eigenvalue weighted by Crippen LogP contribution is -2.46. The van der Waals surface area contributed by atoms with Crippen molar-refractivity contribution in [2.24, 2.45) is 0 Å². The normalized spacial score (nSPS) is 23.5. The van der Waals surface area contributed by atoms with Gasteiger partial charge in [0.25, 0.3) is 5.69 Å². The Labute approximate surface area is 122 Å². The molecule has 1 fully saturated rings. The van der Waals surface area contributed by atoms with Crippen LogP contribution in [-0.2, 0) is 0 Å². The first-order valence-electron chi connectivity index (χ1n) is 6.62. The molecule has 1 aromatic rings. The van der Waals surface area contributed by atoms with Gasteiger partial charge in [-0.25, -0.2) is 0 Å². The van der Waals surface area contributed by atoms with Crippen LogP contribution in [0.25, 0.3) is 0 Å². The number of hydrogen-bond acceptors (Lipinski definition) is 5. The maximum atomic E-state index is 12.2. The minimum Gasteiger partial charge on any atom is -0.293 e. The second kappa shape index (κ2) is 6.37. The van der Waals surface area contributed by atoms with E-state index in [1.165, 1.54) is 24.3 Å². The predicted molar refractivity (Wildman–Crippen MR) is 80.4 cm³/mol. The van der Waals surface area contributed by atoms with Gasteiger partial charge in [0.1, 0.15) is 0 Å². The first-order valence-corrected chi connectivity index (χ1v) is 7.67. The Balaban J connectivity index is 2.02. The van der Waals surface area contributed by atoms with Gasteiger partial charge in [0.05, 0.1) is 11.5 Å². The number of Topliss-reactive ketones (excluding diaryl/α,β-unsaturated/α-hetero) is 1. The fourth-order valence-corrected chi connectivity index (χ4v) is 3.43. The van der Waals surface area contributed by atoms with Crippen LogP contribution in [0.5, 0.6) is 0 Å². The Bertz CT molecular complexity index is 504. The quantitative estimate of drug-likeness (QED) is 0.485. The van der Waals surface area contributed by atoms with Gasteiger partial charge in [-0.15, -0.1) is 0 Å². The van der Waals surface area contributed by atoms with Crippen molar-refractivity contribution in [3.8, 4) is 0 Å². The second-order valence-corrected chi connectivity index (χ2v) is 6.50. The molecular formula is C14H18N2O3S. The summed E-state index contributed by atoms with van der Waals surface area (Å²) in [5.74, 6) is 1.06. The molecule has 1 heterocycles. The monoisotopic (exact) mass is 294 g/mol. The van der Waals surface area contributed by atoms with E-state index >= 15 is 0 Å². The Kier molecular flexibility index (Phi) is 4.77. The van der Waals surface area contributed by atoms with E-state index in [0.717, 1.165) is 12.3 Å². The van der Waals surface area contributed by atoms with Gasteiger partial charge in [-0.1, -0.05) is 6.92 Å². The number of nitrogens with zero attached hydrogens (tertiary/aromatic N) is 2. The molecule has 1 aliphatic rings. The lowest BCUT2D eigenvalue weighted by atomic mass is 10.1. The summed E-state index contributed by atoms with van der Waals surface area (Å²) in [6.07, 6.45) is 0. The highest BCUT2D eigenvalue weighted by Crippen LogP contribution is 2.24. The number of thioether (sulfide) groups is 1. The van der Waals surface area contributed by atoms with E-state index in [1.807, 2.05) is 11.8 Å². The van der Waals surface area contributed by atoms with Crippen LogP contribution in [0.4, 0.5) is 5.69 Å². The van der Waals surface area contributed by atoms with Crippen molar-refractivity contribution in [3.63, 3.8) is 0 Å². The summed E-state index contributed by atoms with van der Waals surface area (Å²) in [5, 5.41) is 11.1. The minimum atomic E-state index is -0.458. The first kappa shape index (κ1) is 15.0. The number of nitro groups is 1. The molecule has 1 saturated heterocycles. The number of nitro benzene ring substituents is 1. The van der Waals surface area contributed by atoms with Crippen LogP contribution in [-0.4, -0.2) is 45.7 Å². The summed E-state index contributed by atoms with van der Waals surface area (Å²) >= 11 is 1.93. The summed E-state index contributed by atoms with van der Waals surface area (Å²) in [6.45, 7) is 5.61. The Morgan fingerprint density at radius 2 is 2.05 bits per heavy atom. The van der Waals surface area contributed by atoms with Crippen LogP contribution in [0.15, 0.2) is 24.3 Å². The van der Waals surface area contributed by atoms with Crippen molar-refractivity contribution in [3.05, 3.63) is 39.9 Å². The number of non-ortho nitro benzene ring substituents is 1. The van der Waals surface area contributed by atoms with E-state index < -0.39 is 4.92 Å². The zero-order valence-corrected chi connectivity index (χ0v) is 12.4. The summed E-state index contributed by atoms with van der Waals surface area (Å²) in [7, 11) is 0. The zero-order valence-electron chi connectivity index (χ0n) is 11.6. The van der Waals surface area contributed by atoms with E-state index in [0.29, 0.717) is 23.4 Å². The summed E-state index contributed by atoms with van der Waals surface area (Å²) < 4.78 is 0. The van der Waals surface area contributed by atoms with Crippen LogP contribution in [0.3, 0.4) is 0 Å². The zero-order chi connectivity index (χ0) is 14.7. The number of ketones is 1. The van der Waals surface area contributed by atoms with Gasteiger partial charge in [0.2, 0.25) is 0 Å². The third-order valence-corrected chi connectivity index (χ3v) is 5.10. The maximum Gasteiger partial charge on any atom is 0.269 e. The first-order chi connectivity index (χ1) is 9.49. The standard InChI is InChI=1S/C14H18N2O3S/c1-10-11(2)20-8-7-15(10)9-14(17)12-3-5-13(6-4-12)16(18)19/h3-6,10-11H,7-9H2,1-2H3. The highest BCUT2D eigenvalue weighted by atomic mass is 32.2. The van der Waals surface area contributed by atoms with E-state index in [9.17, 15) is 14.9 Å². The Morgan fingerprint density at radius 1 is 1.40 bits per heavy atom. The molecule has 0 N–H and O–H groups in total. The van der Waals surface area contributed by atoms with Crippen LogP contribution >= 0.6 is 11.8 Å². The molecule has 1 aliphatic heterocycles. The lowest BCUT2D eigenvalue weighted by Gasteiger charge is -2.36. The van der Waals surface area contributed by atoms with Gasteiger partial charge in [-0.2, -0.15) is 11.8 Å². The van der Waals surface area contributed by atoms with Crippen LogP contribution in [0.1, 0.15) is 24.2 Å². The second-order valence-electron chi connectivity index (χ2n) is 5.01. The molecule has 0 bridgehead atoms. The van der Waals surface area contributed by atoms with Gasteiger partial charge in [0, 0.05) is 41.3 Å². The molecule has 2 rings (SSSR count). The molecule has 0 saturated carbocycles.